The van der Waals surface area contributed by atoms with Gasteiger partial charge in [0.1, 0.15) is 5.92 Å². The summed E-state index contributed by atoms with van der Waals surface area (Å²) in [5.41, 5.74) is 0.785. The summed E-state index contributed by atoms with van der Waals surface area (Å²) in [6.45, 7) is 9.29. The summed E-state index contributed by atoms with van der Waals surface area (Å²) in [5, 5.41) is 3.93. The van der Waals surface area contributed by atoms with Gasteiger partial charge in [-0.15, -0.1) is 0 Å². The summed E-state index contributed by atoms with van der Waals surface area (Å²) < 4.78 is 0. The molecule has 1 N–H and O–H groups in total. The third-order valence-electron chi connectivity index (χ3n) is 5.42. The highest BCUT2D eigenvalue weighted by Gasteiger charge is 2.47. The number of halogens is 2. The Kier molecular flexibility index (Phi) is 5.40. The Morgan fingerprint density at radius 1 is 1.15 bits per heavy atom. The van der Waals surface area contributed by atoms with Crippen LogP contribution in [0.15, 0.2) is 18.2 Å². The molecule has 26 heavy (non-hydrogen) atoms. The lowest BCUT2D eigenvalue weighted by molar-refractivity contribution is -0.143. The van der Waals surface area contributed by atoms with E-state index < -0.39 is 5.92 Å². The van der Waals surface area contributed by atoms with Gasteiger partial charge in [0.25, 0.3) is 0 Å². The van der Waals surface area contributed by atoms with Crippen molar-refractivity contribution in [3.05, 3.63) is 28.2 Å². The standard InChI is InChI=1S/C19H25Cl2N3O2/c1-19(2,3)12-11-22-17(25)15(12)18(26)24-9-7-23(8-10-24)14-6-4-5-13(20)16(14)21/h4-6,12,15H,7-11H2,1-3H3,(H,22,25)/t12-,15-/m1/s1. The molecule has 0 spiro atoms. The molecule has 2 saturated heterocycles. The van der Waals surface area contributed by atoms with Gasteiger partial charge in [-0.05, 0) is 17.5 Å². The van der Waals surface area contributed by atoms with Crippen molar-refractivity contribution in [1.82, 2.24) is 10.2 Å². The van der Waals surface area contributed by atoms with Crippen molar-refractivity contribution in [3.63, 3.8) is 0 Å². The third kappa shape index (κ3) is 3.65. The Hall–Kier alpha value is -1.46. The minimum atomic E-state index is -0.587. The third-order valence-corrected chi connectivity index (χ3v) is 6.23. The maximum atomic E-state index is 13.0. The minimum absolute atomic E-state index is 0.0166. The molecule has 0 radical (unpaired) electrons. The number of hydrogen-bond donors (Lipinski definition) is 1. The van der Waals surface area contributed by atoms with Gasteiger partial charge >= 0.3 is 0 Å². The van der Waals surface area contributed by atoms with Crippen molar-refractivity contribution in [3.8, 4) is 0 Å². The number of carbonyl (C=O) groups is 2. The van der Waals surface area contributed by atoms with Crippen LogP contribution < -0.4 is 10.2 Å². The van der Waals surface area contributed by atoms with E-state index in [-0.39, 0.29) is 23.1 Å². The molecule has 0 aromatic heterocycles. The minimum Gasteiger partial charge on any atom is -0.367 e. The van der Waals surface area contributed by atoms with Crippen LogP contribution in [0, 0.1) is 17.3 Å². The molecule has 2 heterocycles. The second-order valence-corrected chi connectivity index (χ2v) is 8.87. The average molecular weight is 398 g/mol. The Morgan fingerprint density at radius 2 is 1.81 bits per heavy atom. The molecule has 1 aromatic rings. The summed E-state index contributed by atoms with van der Waals surface area (Å²) in [4.78, 5) is 29.3. The van der Waals surface area contributed by atoms with Crippen LogP contribution >= 0.6 is 23.2 Å². The highest BCUT2D eigenvalue weighted by Crippen LogP contribution is 2.37. The number of anilines is 1. The zero-order chi connectivity index (χ0) is 19.1. The molecular weight excluding hydrogens is 373 g/mol. The fraction of sp³-hybridized carbons (Fsp3) is 0.579. The normalized spacial score (nSPS) is 24.0. The summed E-state index contributed by atoms with van der Waals surface area (Å²) in [6.07, 6.45) is 0. The highest BCUT2D eigenvalue weighted by atomic mass is 35.5. The summed E-state index contributed by atoms with van der Waals surface area (Å²) in [5.74, 6) is -0.772. The van der Waals surface area contributed by atoms with E-state index in [0.717, 1.165) is 5.69 Å². The van der Waals surface area contributed by atoms with Gasteiger partial charge < -0.3 is 15.1 Å². The Morgan fingerprint density at radius 3 is 2.42 bits per heavy atom. The van der Waals surface area contributed by atoms with Gasteiger partial charge in [0.15, 0.2) is 0 Å². The fourth-order valence-electron chi connectivity index (χ4n) is 3.81. The van der Waals surface area contributed by atoms with Gasteiger partial charge in [0.05, 0.1) is 15.7 Å². The average Bonchev–Trinajstić information content (AvgIpc) is 2.99. The van der Waals surface area contributed by atoms with Crippen LogP contribution in [0.1, 0.15) is 20.8 Å². The van der Waals surface area contributed by atoms with E-state index in [2.05, 4.69) is 31.0 Å². The SMILES string of the molecule is CC(C)(C)[C@@H]1CNC(=O)[C@@H]1C(=O)N1CCN(c2cccc(Cl)c2Cl)CC1. The molecule has 0 aliphatic carbocycles. The number of benzene rings is 1. The number of piperazine rings is 1. The van der Waals surface area contributed by atoms with Crippen LogP contribution in [0.5, 0.6) is 0 Å². The summed E-state index contributed by atoms with van der Waals surface area (Å²) >= 11 is 12.4. The maximum Gasteiger partial charge on any atom is 0.235 e. The van der Waals surface area contributed by atoms with Crippen molar-refractivity contribution < 1.29 is 9.59 Å². The van der Waals surface area contributed by atoms with Crippen LogP contribution in [0.4, 0.5) is 5.69 Å². The number of nitrogens with one attached hydrogen (secondary N) is 1. The monoisotopic (exact) mass is 397 g/mol. The zero-order valence-electron chi connectivity index (χ0n) is 15.4. The lowest BCUT2D eigenvalue weighted by Gasteiger charge is -2.39. The van der Waals surface area contributed by atoms with E-state index in [1.807, 2.05) is 17.0 Å². The molecule has 1 aromatic carbocycles. The first-order chi connectivity index (χ1) is 12.2. The second kappa shape index (κ2) is 7.28. The zero-order valence-corrected chi connectivity index (χ0v) is 16.9. The van der Waals surface area contributed by atoms with E-state index in [0.29, 0.717) is 42.8 Å². The number of amides is 2. The quantitative estimate of drug-likeness (QED) is 0.780. The molecule has 2 amide bonds. The fourth-order valence-corrected chi connectivity index (χ4v) is 4.23. The molecule has 7 heteroatoms. The smallest absolute Gasteiger partial charge is 0.235 e. The van der Waals surface area contributed by atoms with Crippen LogP contribution in [0.2, 0.25) is 10.0 Å². The van der Waals surface area contributed by atoms with E-state index >= 15 is 0 Å². The number of carbonyl (C=O) groups excluding carboxylic acids is 2. The lowest BCUT2D eigenvalue weighted by atomic mass is 9.74. The first-order valence-corrected chi connectivity index (χ1v) is 9.71. The molecule has 5 nitrogen and oxygen atoms in total. The summed E-state index contributed by atoms with van der Waals surface area (Å²) in [6, 6.07) is 5.57. The predicted molar refractivity (Wildman–Crippen MR) is 105 cm³/mol. The van der Waals surface area contributed by atoms with Crippen LogP contribution in [0.3, 0.4) is 0 Å². The van der Waals surface area contributed by atoms with Gasteiger partial charge in [-0.2, -0.15) is 0 Å². The van der Waals surface area contributed by atoms with Gasteiger partial charge in [-0.1, -0.05) is 50.0 Å². The molecule has 3 rings (SSSR count). The first kappa shape index (κ1) is 19.3. The van der Waals surface area contributed by atoms with Crippen molar-refractivity contribution in [2.45, 2.75) is 20.8 Å². The van der Waals surface area contributed by atoms with Gasteiger partial charge in [0, 0.05) is 38.6 Å². The number of hydrogen-bond acceptors (Lipinski definition) is 3. The van der Waals surface area contributed by atoms with Crippen LogP contribution in [-0.2, 0) is 9.59 Å². The molecule has 142 valence electrons. The number of nitrogens with zero attached hydrogens (tertiary/aromatic N) is 2. The Labute approximate surface area is 164 Å². The van der Waals surface area contributed by atoms with Gasteiger partial charge in [0.2, 0.25) is 11.8 Å². The van der Waals surface area contributed by atoms with Crippen molar-refractivity contribution in [2.24, 2.45) is 17.3 Å². The topological polar surface area (TPSA) is 52.7 Å². The van der Waals surface area contributed by atoms with E-state index in [4.69, 9.17) is 23.2 Å². The van der Waals surface area contributed by atoms with Crippen LogP contribution in [0.25, 0.3) is 0 Å². The molecular formula is C19H25Cl2N3O2. The maximum absolute atomic E-state index is 13.0. The first-order valence-electron chi connectivity index (χ1n) is 8.95. The van der Waals surface area contributed by atoms with Crippen molar-refractivity contribution >= 4 is 40.7 Å². The van der Waals surface area contributed by atoms with Crippen molar-refractivity contribution in [1.29, 1.82) is 0 Å². The lowest BCUT2D eigenvalue weighted by Crippen LogP contribution is -2.52. The highest BCUT2D eigenvalue weighted by molar-refractivity contribution is 6.43. The molecule has 0 saturated carbocycles. The largest absolute Gasteiger partial charge is 0.367 e. The van der Waals surface area contributed by atoms with Gasteiger partial charge in [-0.3, -0.25) is 9.59 Å². The molecule has 0 unspecified atom stereocenters. The van der Waals surface area contributed by atoms with Crippen LogP contribution in [-0.4, -0.2) is 49.4 Å². The predicted octanol–water partition coefficient (Wildman–Crippen LogP) is 3.05. The number of rotatable bonds is 2. The second-order valence-electron chi connectivity index (χ2n) is 8.08. The van der Waals surface area contributed by atoms with Gasteiger partial charge in [-0.25, -0.2) is 0 Å². The Bertz CT molecular complexity index is 709. The summed E-state index contributed by atoms with van der Waals surface area (Å²) in [7, 11) is 0. The molecule has 2 aliphatic rings. The molecule has 0 bridgehead atoms. The van der Waals surface area contributed by atoms with Crippen molar-refractivity contribution in [2.75, 3.05) is 37.6 Å². The molecule has 2 aliphatic heterocycles. The van der Waals surface area contributed by atoms with E-state index in [1.165, 1.54) is 0 Å². The van der Waals surface area contributed by atoms with E-state index in [1.54, 1.807) is 6.07 Å². The Balaban J connectivity index is 1.69. The molecule has 2 atom stereocenters. The van der Waals surface area contributed by atoms with E-state index in [9.17, 15) is 9.59 Å². The molecule has 2 fully saturated rings.